The van der Waals surface area contributed by atoms with Crippen LogP contribution in [0.3, 0.4) is 0 Å². The number of carbonyl (C=O) groups excluding carboxylic acids is 2. The maximum absolute atomic E-state index is 13.1. The largest absolute Gasteiger partial charge is 0.368 e. The first-order valence-electron chi connectivity index (χ1n) is 8.09. The fraction of sp³-hybridized carbons (Fsp3) is 0.412. The maximum atomic E-state index is 13.1. The van der Waals surface area contributed by atoms with Gasteiger partial charge in [-0.3, -0.25) is 14.6 Å². The number of hydrogen-bond acceptors (Lipinski definition) is 5. The van der Waals surface area contributed by atoms with E-state index in [1.165, 1.54) is 29.3 Å². The van der Waals surface area contributed by atoms with E-state index in [0.29, 0.717) is 18.5 Å². The van der Waals surface area contributed by atoms with Crippen LogP contribution in [-0.2, 0) is 9.59 Å². The van der Waals surface area contributed by atoms with Crippen LogP contribution in [0.5, 0.6) is 0 Å². The molecule has 3 N–H and O–H groups in total. The van der Waals surface area contributed by atoms with Crippen molar-refractivity contribution in [3.05, 3.63) is 30.1 Å². The molecule has 25 heavy (non-hydrogen) atoms. The van der Waals surface area contributed by atoms with Gasteiger partial charge in [0.25, 0.3) is 5.91 Å². The Hall–Kier alpha value is -2.95. The number of anilines is 1. The third-order valence-electron chi connectivity index (χ3n) is 4.62. The zero-order valence-corrected chi connectivity index (χ0v) is 13.5. The van der Waals surface area contributed by atoms with Gasteiger partial charge in [0.2, 0.25) is 5.91 Å². The molecule has 1 aromatic carbocycles. The van der Waals surface area contributed by atoms with Crippen LogP contribution < -0.4 is 16.1 Å². The molecule has 0 aromatic heterocycles. The highest BCUT2D eigenvalue weighted by molar-refractivity contribution is 6.40. The standard InChI is InChI=1S/C17H18FN5O2/c18-11-3-5-12(6-4-11)23-14(15(20)24)9-13(22-23)16(25)21-17(10-19)7-1-2-8-17/h3-6,14H,1-2,7-9H2,(H2,20,24)(H,21,25). The lowest BCUT2D eigenvalue weighted by Crippen LogP contribution is -2.48. The molecule has 0 radical (unpaired) electrons. The van der Waals surface area contributed by atoms with Gasteiger partial charge in [-0.2, -0.15) is 10.4 Å². The summed E-state index contributed by atoms with van der Waals surface area (Å²) in [5.74, 6) is -1.52. The SMILES string of the molecule is N#CC1(NC(=O)C2=NN(c3ccc(F)cc3)C(C(N)=O)C2)CCCC1. The van der Waals surface area contributed by atoms with Crippen molar-refractivity contribution in [3.63, 3.8) is 0 Å². The van der Waals surface area contributed by atoms with Crippen molar-refractivity contribution in [2.45, 2.75) is 43.7 Å². The van der Waals surface area contributed by atoms with E-state index in [9.17, 15) is 19.2 Å². The van der Waals surface area contributed by atoms with Crippen LogP contribution in [0.25, 0.3) is 0 Å². The van der Waals surface area contributed by atoms with Crippen molar-refractivity contribution in [3.8, 4) is 6.07 Å². The molecule has 1 atom stereocenters. The highest BCUT2D eigenvalue weighted by Crippen LogP contribution is 2.30. The van der Waals surface area contributed by atoms with Gasteiger partial charge in [0.05, 0.1) is 11.8 Å². The Morgan fingerprint density at radius 1 is 1.32 bits per heavy atom. The van der Waals surface area contributed by atoms with Gasteiger partial charge >= 0.3 is 0 Å². The molecule has 7 nitrogen and oxygen atoms in total. The van der Waals surface area contributed by atoms with Crippen molar-refractivity contribution in [1.82, 2.24) is 5.32 Å². The molecule has 2 amide bonds. The number of nitrogens with zero attached hydrogens (tertiary/aromatic N) is 3. The number of amides is 2. The van der Waals surface area contributed by atoms with E-state index in [-0.39, 0.29) is 12.1 Å². The third-order valence-corrected chi connectivity index (χ3v) is 4.62. The van der Waals surface area contributed by atoms with Gasteiger partial charge in [0.15, 0.2) is 0 Å². The molecule has 1 saturated carbocycles. The Morgan fingerprint density at radius 2 is 1.96 bits per heavy atom. The molecule has 8 heteroatoms. The molecule has 3 rings (SSSR count). The summed E-state index contributed by atoms with van der Waals surface area (Å²) in [6.07, 6.45) is 3.00. The van der Waals surface area contributed by atoms with Crippen molar-refractivity contribution in [1.29, 1.82) is 5.26 Å². The second-order valence-electron chi connectivity index (χ2n) is 6.35. The summed E-state index contributed by atoms with van der Waals surface area (Å²) in [7, 11) is 0. The summed E-state index contributed by atoms with van der Waals surface area (Å²) in [6, 6.07) is 6.76. The topological polar surface area (TPSA) is 112 Å². The Bertz CT molecular complexity index is 762. The second kappa shape index (κ2) is 6.51. The number of benzene rings is 1. The summed E-state index contributed by atoms with van der Waals surface area (Å²) < 4.78 is 13.1. The second-order valence-corrected chi connectivity index (χ2v) is 6.35. The van der Waals surface area contributed by atoms with E-state index in [1.54, 1.807) is 0 Å². The number of nitriles is 1. The number of carbonyl (C=O) groups is 2. The molecule has 2 aliphatic rings. The molecular formula is C17H18FN5O2. The molecule has 0 bridgehead atoms. The smallest absolute Gasteiger partial charge is 0.268 e. The summed E-state index contributed by atoms with van der Waals surface area (Å²) >= 11 is 0. The van der Waals surface area contributed by atoms with E-state index < -0.39 is 29.2 Å². The zero-order valence-electron chi connectivity index (χ0n) is 13.5. The van der Waals surface area contributed by atoms with E-state index >= 15 is 0 Å². The lowest BCUT2D eigenvalue weighted by Gasteiger charge is -2.21. The predicted molar refractivity (Wildman–Crippen MR) is 88.9 cm³/mol. The Morgan fingerprint density at radius 3 is 2.52 bits per heavy atom. The van der Waals surface area contributed by atoms with Crippen molar-refractivity contribution in [2.75, 3.05) is 5.01 Å². The van der Waals surface area contributed by atoms with Crippen LogP contribution >= 0.6 is 0 Å². The number of hydrazone groups is 1. The summed E-state index contributed by atoms with van der Waals surface area (Å²) in [4.78, 5) is 24.3. The number of halogens is 1. The van der Waals surface area contributed by atoms with Gasteiger partial charge in [-0.1, -0.05) is 0 Å². The monoisotopic (exact) mass is 343 g/mol. The van der Waals surface area contributed by atoms with Crippen molar-refractivity contribution in [2.24, 2.45) is 10.8 Å². The van der Waals surface area contributed by atoms with E-state index in [0.717, 1.165) is 12.8 Å². The molecule has 1 fully saturated rings. The number of rotatable bonds is 4. The minimum absolute atomic E-state index is 0.0417. The van der Waals surface area contributed by atoms with Crippen molar-refractivity contribution < 1.29 is 14.0 Å². The van der Waals surface area contributed by atoms with Gasteiger partial charge in [-0.15, -0.1) is 0 Å². The molecular weight excluding hydrogens is 325 g/mol. The first-order valence-corrected chi connectivity index (χ1v) is 8.09. The summed E-state index contributed by atoms with van der Waals surface area (Å²) in [5.41, 5.74) is 5.15. The number of hydrogen-bond donors (Lipinski definition) is 2. The van der Waals surface area contributed by atoms with Crippen LogP contribution in [0.2, 0.25) is 0 Å². The van der Waals surface area contributed by atoms with Crippen LogP contribution in [0.15, 0.2) is 29.4 Å². The van der Waals surface area contributed by atoms with Crippen molar-refractivity contribution >= 4 is 23.2 Å². The highest BCUT2D eigenvalue weighted by atomic mass is 19.1. The average molecular weight is 343 g/mol. The van der Waals surface area contributed by atoms with Crippen LogP contribution in [0, 0.1) is 17.1 Å². The van der Waals surface area contributed by atoms with Crippen LogP contribution in [0.4, 0.5) is 10.1 Å². The number of nitrogens with two attached hydrogens (primary N) is 1. The minimum atomic E-state index is -0.870. The van der Waals surface area contributed by atoms with Crippen LogP contribution in [0.1, 0.15) is 32.1 Å². The Kier molecular flexibility index (Phi) is 4.40. The number of primary amides is 1. The van der Waals surface area contributed by atoms with E-state index in [4.69, 9.17) is 5.73 Å². The van der Waals surface area contributed by atoms with Gasteiger partial charge in [0.1, 0.15) is 23.1 Å². The van der Waals surface area contributed by atoms with Gasteiger partial charge < -0.3 is 11.1 Å². The maximum Gasteiger partial charge on any atom is 0.268 e. The lowest BCUT2D eigenvalue weighted by atomic mass is 9.99. The Labute approximate surface area is 144 Å². The Balaban J connectivity index is 1.83. The normalized spacial score (nSPS) is 21.5. The molecule has 0 saturated heterocycles. The third kappa shape index (κ3) is 3.31. The first-order chi connectivity index (χ1) is 11.9. The fourth-order valence-corrected chi connectivity index (χ4v) is 3.23. The molecule has 1 aliphatic carbocycles. The average Bonchev–Trinajstić information content (AvgIpc) is 3.23. The van der Waals surface area contributed by atoms with Crippen LogP contribution in [-0.4, -0.2) is 29.1 Å². The van der Waals surface area contributed by atoms with E-state index in [1.807, 2.05) is 0 Å². The summed E-state index contributed by atoms with van der Waals surface area (Å²) in [6.45, 7) is 0. The lowest BCUT2D eigenvalue weighted by molar-refractivity contribution is -0.119. The predicted octanol–water partition coefficient (Wildman–Crippen LogP) is 1.20. The molecule has 1 heterocycles. The van der Waals surface area contributed by atoms with Gasteiger partial charge in [-0.25, -0.2) is 4.39 Å². The van der Waals surface area contributed by atoms with Gasteiger partial charge in [0, 0.05) is 6.42 Å². The van der Waals surface area contributed by atoms with Gasteiger partial charge in [-0.05, 0) is 49.9 Å². The molecule has 1 aliphatic heterocycles. The molecule has 1 unspecified atom stereocenters. The minimum Gasteiger partial charge on any atom is -0.368 e. The van der Waals surface area contributed by atoms with E-state index in [2.05, 4.69) is 16.5 Å². The highest BCUT2D eigenvalue weighted by Gasteiger charge is 2.40. The first kappa shape index (κ1) is 16.9. The molecule has 1 aromatic rings. The summed E-state index contributed by atoms with van der Waals surface area (Å²) in [5, 5.41) is 17.7. The zero-order chi connectivity index (χ0) is 18.0. The molecule has 130 valence electrons. The molecule has 0 spiro atoms. The quantitative estimate of drug-likeness (QED) is 0.855. The fourth-order valence-electron chi connectivity index (χ4n) is 3.23. The number of nitrogens with one attached hydrogen (secondary N) is 1.